The van der Waals surface area contributed by atoms with Gasteiger partial charge in [-0.15, -0.1) is 0 Å². The number of rotatable bonds is 3. The Hall–Kier alpha value is -1.82. The van der Waals surface area contributed by atoms with E-state index in [0.29, 0.717) is 0 Å². The van der Waals surface area contributed by atoms with Gasteiger partial charge in [0.15, 0.2) is 0 Å². The number of nitrogens with one attached hydrogen (secondary N) is 1. The van der Waals surface area contributed by atoms with Gasteiger partial charge in [-0.2, -0.15) is 0 Å². The van der Waals surface area contributed by atoms with Crippen molar-refractivity contribution in [1.82, 2.24) is 9.55 Å². The number of hydrogen-bond donors (Lipinski definition) is 2. The van der Waals surface area contributed by atoms with E-state index in [1.165, 1.54) is 13.0 Å². The molecule has 0 aliphatic carbocycles. The lowest BCUT2D eigenvalue weighted by Crippen LogP contribution is -2.29. The number of aromatic nitrogens is 2. The standard InChI is InChI=1S/C9H9ClN2O4/c1-5(8(14)15)2-3-12-4-6(10)7(13)11-9(12)16/h2,4H,3H2,1H3,(H,14,15)(H,11,13,16). The molecule has 0 bridgehead atoms. The number of allylic oxidation sites excluding steroid dienone is 1. The molecule has 1 rings (SSSR count). The van der Waals surface area contributed by atoms with E-state index in [2.05, 4.69) is 0 Å². The summed E-state index contributed by atoms with van der Waals surface area (Å²) >= 11 is 5.52. The Morgan fingerprint density at radius 1 is 1.62 bits per heavy atom. The molecule has 7 heteroatoms. The SMILES string of the molecule is CC(=CCn1cc(Cl)c(=O)[nH]c1=O)C(=O)O. The van der Waals surface area contributed by atoms with Crippen LogP contribution < -0.4 is 11.2 Å². The molecule has 1 aromatic rings. The van der Waals surface area contributed by atoms with E-state index in [1.807, 2.05) is 4.98 Å². The smallest absolute Gasteiger partial charge is 0.331 e. The van der Waals surface area contributed by atoms with Crippen LogP contribution in [0.4, 0.5) is 0 Å². The van der Waals surface area contributed by atoms with E-state index in [0.717, 1.165) is 10.8 Å². The Bertz CT molecular complexity index is 555. The van der Waals surface area contributed by atoms with Gasteiger partial charge < -0.3 is 5.11 Å². The van der Waals surface area contributed by atoms with Gasteiger partial charge in [0.2, 0.25) is 0 Å². The monoisotopic (exact) mass is 244 g/mol. The minimum absolute atomic E-state index is 0.0352. The average molecular weight is 245 g/mol. The normalized spacial score (nSPS) is 11.5. The van der Waals surface area contributed by atoms with Gasteiger partial charge >= 0.3 is 11.7 Å². The van der Waals surface area contributed by atoms with Gasteiger partial charge in [-0.1, -0.05) is 17.7 Å². The van der Waals surface area contributed by atoms with Crippen molar-refractivity contribution in [2.45, 2.75) is 13.5 Å². The van der Waals surface area contributed by atoms with Crippen LogP contribution in [0, 0.1) is 0 Å². The van der Waals surface area contributed by atoms with Crippen LogP contribution in [0.25, 0.3) is 0 Å². The minimum Gasteiger partial charge on any atom is -0.478 e. The fourth-order valence-corrected chi connectivity index (χ4v) is 1.11. The Kier molecular flexibility index (Phi) is 3.68. The van der Waals surface area contributed by atoms with Crippen LogP contribution in [-0.2, 0) is 11.3 Å². The van der Waals surface area contributed by atoms with E-state index < -0.39 is 17.2 Å². The van der Waals surface area contributed by atoms with Gasteiger partial charge in [-0.05, 0) is 6.92 Å². The van der Waals surface area contributed by atoms with E-state index in [1.54, 1.807) is 0 Å². The van der Waals surface area contributed by atoms with Crippen molar-refractivity contribution < 1.29 is 9.90 Å². The first-order valence-corrected chi connectivity index (χ1v) is 4.69. The lowest BCUT2D eigenvalue weighted by Gasteiger charge is -2.01. The molecule has 6 nitrogen and oxygen atoms in total. The van der Waals surface area contributed by atoms with Crippen molar-refractivity contribution in [3.63, 3.8) is 0 Å². The summed E-state index contributed by atoms with van der Waals surface area (Å²) in [5.41, 5.74) is -1.19. The number of hydrogen-bond acceptors (Lipinski definition) is 3. The molecule has 1 heterocycles. The molecule has 0 fully saturated rings. The molecular formula is C9H9ClN2O4. The number of H-pyrrole nitrogens is 1. The molecule has 86 valence electrons. The Morgan fingerprint density at radius 2 is 2.25 bits per heavy atom. The molecule has 2 N–H and O–H groups in total. The second-order valence-electron chi connectivity index (χ2n) is 3.08. The van der Waals surface area contributed by atoms with E-state index in [9.17, 15) is 14.4 Å². The molecule has 0 amide bonds. The number of aliphatic carboxylic acids is 1. The van der Waals surface area contributed by atoms with Crippen LogP contribution in [0.5, 0.6) is 0 Å². The molecule has 16 heavy (non-hydrogen) atoms. The molecule has 0 unspecified atom stereocenters. The summed E-state index contributed by atoms with van der Waals surface area (Å²) in [5.74, 6) is -1.07. The first kappa shape index (κ1) is 12.3. The van der Waals surface area contributed by atoms with E-state index in [4.69, 9.17) is 16.7 Å². The van der Waals surface area contributed by atoms with Crippen LogP contribution in [-0.4, -0.2) is 20.6 Å². The number of carbonyl (C=O) groups is 1. The van der Waals surface area contributed by atoms with Crippen molar-refractivity contribution in [3.8, 4) is 0 Å². The molecule has 0 atom stereocenters. The van der Waals surface area contributed by atoms with Gasteiger partial charge in [0, 0.05) is 18.3 Å². The summed E-state index contributed by atoms with van der Waals surface area (Å²) in [6.45, 7) is 1.44. The first-order chi connectivity index (χ1) is 7.41. The Morgan fingerprint density at radius 3 is 2.81 bits per heavy atom. The Balaban J connectivity index is 3.04. The zero-order valence-corrected chi connectivity index (χ0v) is 9.11. The molecule has 0 aliphatic rings. The third-order valence-electron chi connectivity index (χ3n) is 1.90. The fourth-order valence-electron chi connectivity index (χ4n) is 0.941. The van der Waals surface area contributed by atoms with Crippen LogP contribution in [0.3, 0.4) is 0 Å². The molecule has 0 spiro atoms. The van der Waals surface area contributed by atoms with Crippen molar-refractivity contribution in [3.05, 3.63) is 43.7 Å². The number of carboxylic acid groups (broad SMARTS) is 1. The molecule has 0 saturated carbocycles. The summed E-state index contributed by atoms with van der Waals surface area (Å²) in [5, 5.41) is 8.46. The predicted octanol–water partition coefficient (Wildman–Crippen LogP) is 0.221. The molecule has 1 aromatic heterocycles. The highest BCUT2D eigenvalue weighted by Crippen LogP contribution is 1.98. The first-order valence-electron chi connectivity index (χ1n) is 4.31. The fraction of sp³-hybridized carbons (Fsp3) is 0.222. The summed E-state index contributed by atoms with van der Waals surface area (Å²) in [6, 6.07) is 0. The lowest BCUT2D eigenvalue weighted by molar-refractivity contribution is -0.132. The number of carboxylic acids is 1. The van der Waals surface area contributed by atoms with Crippen molar-refractivity contribution in [1.29, 1.82) is 0 Å². The van der Waals surface area contributed by atoms with Crippen molar-refractivity contribution in [2.75, 3.05) is 0 Å². The predicted molar refractivity (Wildman–Crippen MR) is 57.7 cm³/mol. The molecule has 0 radical (unpaired) electrons. The maximum atomic E-state index is 11.2. The van der Waals surface area contributed by atoms with Gasteiger partial charge in [0.05, 0.1) is 0 Å². The van der Waals surface area contributed by atoms with Crippen LogP contribution >= 0.6 is 11.6 Å². The summed E-state index contributed by atoms with van der Waals surface area (Å²) in [4.78, 5) is 34.7. The number of aromatic amines is 1. The maximum Gasteiger partial charge on any atom is 0.331 e. The number of halogens is 1. The van der Waals surface area contributed by atoms with Crippen molar-refractivity contribution >= 4 is 17.6 Å². The number of nitrogens with zero attached hydrogens (tertiary/aromatic N) is 1. The highest BCUT2D eigenvalue weighted by atomic mass is 35.5. The summed E-state index contributed by atoms with van der Waals surface area (Å²) in [6.07, 6.45) is 2.51. The summed E-state index contributed by atoms with van der Waals surface area (Å²) < 4.78 is 1.11. The van der Waals surface area contributed by atoms with Crippen LogP contribution in [0.2, 0.25) is 5.02 Å². The average Bonchev–Trinajstić information content (AvgIpc) is 2.20. The van der Waals surface area contributed by atoms with Gasteiger partial charge in [-0.3, -0.25) is 14.3 Å². The third kappa shape index (κ3) is 2.83. The van der Waals surface area contributed by atoms with Crippen LogP contribution in [0.15, 0.2) is 27.4 Å². The Labute approximate surface area is 94.8 Å². The molecule has 0 aliphatic heterocycles. The van der Waals surface area contributed by atoms with E-state index in [-0.39, 0.29) is 17.1 Å². The highest BCUT2D eigenvalue weighted by molar-refractivity contribution is 6.30. The molecule has 0 aromatic carbocycles. The largest absolute Gasteiger partial charge is 0.478 e. The molecular weight excluding hydrogens is 236 g/mol. The zero-order chi connectivity index (χ0) is 12.3. The summed E-state index contributed by atoms with van der Waals surface area (Å²) in [7, 11) is 0. The second kappa shape index (κ2) is 4.80. The third-order valence-corrected chi connectivity index (χ3v) is 2.17. The van der Waals surface area contributed by atoms with E-state index >= 15 is 0 Å². The maximum absolute atomic E-state index is 11.2. The molecule has 0 saturated heterocycles. The quantitative estimate of drug-likeness (QED) is 0.744. The topological polar surface area (TPSA) is 92.2 Å². The van der Waals surface area contributed by atoms with Crippen LogP contribution in [0.1, 0.15) is 6.92 Å². The minimum atomic E-state index is -1.07. The van der Waals surface area contributed by atoms with Gasteiger partial charge in [0.1, 0.15) is 5.02 Å². The highest BCUT2D eigenvalue weighted by Gasteiger charge is 2.02. The van der Waals surface area contributed by atoms with Crippen molar-refractivity contribution in [2.24, 2.45) is 0 Å². The lowest BCUT2D eigenvalue weighted by atomic mass is 10.3. The van der Waals surface area contributed by atoms with Gasteiger partial charge in [0.25, 0.3) is 5.56 Å². The second-order valence-corrected chi connectivity index (χ2v) is 3.49. The zero-order valence-electron chi connectivity index (χ0n) is 8.36. The van der Waals surface area contributed by atoms with Gasteiger partial charge in [-0.25, -0.2) is 9.59 Å².